The zero-order valence-corrected chi connectivity index (χ0v) is 18.6. The van der Waals surface area contributed by atoms with Gasteiger partial charge in [0, 0.05) is 13.6 Å². The van der Waals surface area contributed by atoms with E-state index in [2.05, 4.69) is 4.98 Å². The molecule has 0 aliphatic heterocycles. The van der Waals surface area contributed by atoms with Crippen LogP contribution >= 0.6 is 11.8 Å². The molecule has 0 saturated heterocycles. The Morgan fingerprint density at radius 1 is 1.03 bits per heavy atom. The largest absolute Gasteiger partial charge is 0.341 e. The zero-order chi connectivity index (χ0) is 22.7. The van der Waals surface area contributed by atoms with Crippen molar-refractivity contribution in [2.45, 2.75) is 18.6 Å². The molecule has 0 saturated carbocycles. The van der Waals surface area contributed by atoms with Crippen LogP contribution in [-0.2, 0) is 11.3 Å². The number of halogens is 1. The van der Waals surface area contributed by atoms with Gasteiger partial charge >= 0.3 is 0 Å². The first-order valence-electron chi connectivity index (χ1n) is 10.1. The molecule has 0 bridgehead atoms. The molecule has 0 unspecified atom stereocenters. The Bertz CT molecular complexity index is 1340. The van der Waals surface area contributed by atoms with Crippen molar-refractivity contribution in [3.63, 3.8) is 0 Å². The number of amides is 1. The maximum Gasteiger partial charge on any atom is 0.266 e. The summed E-state index contributed by atoms with van der Waals surface area (Å²) in [4.78, 5) is 32.3. The predicted molar refractivity (Wildman–Crippen MR) is 126 cm³/mol. The van der Waals surface area contributed by atoms with Crippen molar-refractivity contribution in [3.8, 4) is 5.69 Å². The van der Waals surface area contributed by atoms with Crippen molar-refractivity contribution in [2.75, 3.05) is 12.8 Å². The molecule has 1 heterocycles. The van der Waals surface area contributed by atoms with Gasteiger partial charge in [-0.05, 0) is 54.4 Å². The molecule has 0 aliphatic carbocycles. The maximum atomic E-state index is 13.4. The van der Waals surface area contributed by atoms with Gasteiger partial charge in [0.05, 0.1) is 22.3 Å². The third-order valence-electron chi connectivity index (χ3n) is 5.25. The maximum absolute atomic E-state index is 13.4. The van der Waals surface area contributed by atoms with E-state index in [1.54, 1.807) is 30.1 Å². The number of aryl methyl sites for hydroxylation is 1. The lowest BCUT2D eigenvalue weighted by Crippen LogP contribution is -2.29. The van der Waals surface area contributed by atoms with Gasteiger partial charge in [0.15, 0.2) is 5.16 Å². The summed E-state index contributed by atoms with van der Waals surface area (Å²) >= 11 is 1.19. The highest BCUT2D eigenvalue weighted by atomic mass is 32.2. The van der Waals surface area contributed by atoms with Crippen LogP contribution in [0, 0.1) is 12.7 Å². The molecule has 5 nitrogen and oxygen atoms in total. The van der Waals surface area contributed by atoms with Crippen LogP contribution < -0.4 is 5.56 Å². The fourth-order valence-electron chi connectivity index (χ4n) is 3.39. The number of aromatic nitrogens is 2. The van der Waals surface area contributed by atoms with Gasteiger partial charge in [-0.25, -0.2) is 9.37 Å². The molecule has 1 amide bonds. The smallest absolute Gasteiger partial charge is 0.266 e. The second kappa shape index (κ2) is 9.36. The molecule has 4 rings (SSSR count). The molecule has 0 radical (unpaired) electrons. The fraction of sp³-hybridized carbons (Fsp3) is 0.160. The lowest BCUT2D eigenvalue weighted by molar-refractivity contribution is -0.127. The third-order valence-corrected chi connectivity index (χ3v) is 6.17. The molecule has 4 aromatic rings. The summed E-state index contributed by atoms with van der Waals surface area (Å²) < 4.78 is 14.9. The van der Waals surface area contributed by atoms with E-state index in [4.69, 9.17) is 0 Å². The molecule has 0 aliphatic rings. The number of para-hydroxylation sites is 1. The number of nitrogens with zero attached hydrogens (tertiary/aromatic N) is 3. The van der Waals surface area contributed by atoms with Gasteiger partial charge in [0.2, 0.25) is 5.91 Å². The summed E-state index contributed by atoms with van der Waals surface area (Å²) in [5.41, 5.74) is 3.00. The second-order valence-corrected chi connectivity index (χ2v) is 8.44. The molecule has 0 atom stereocenters. The van der Waals surface area contributed by atoms with E-state index >= 15 is 0 Å². The van der Waals surface area contributed by atoms with Crippen molar-refractivity contribution < 1.29 is 9.18 Å². The summed E-state index contributed by atoms with van der Waals surface area (Å²) in [6.45, 7) is 2.52. The van der Waals surface area contributed by atoms with Crippen LogP contribution in [0.25, 0.3) is 16.6 Å². The average Bonchev–Trinajstić information content (AvgIpc) is 2.80. The summed E-state index contributed by atoms with van der Waals surface area (Å²) in [7, 11) is 1.76. The molecule has 0 fully saturated rings. The first-order chi connectivity index (χ1) is 15.4. The van der Waals surface area contributed by atoms with E-state index in [1.807, 2.05) is 37.3 Å². The first-order valence-corrected chi connectivity index (χ1v) is 11.1. The molecule has 7 heteroatoms. The van der Waals surface area contributed by atoms with Crippen molar-refractivity contribution in [1.82, 2.24) is 14.5 Å². The van der Waals surface area contributed by atoms with E-state index in [0.717, 1.165) is 11.1 Å². The van der Waals surface area contributed by atoms with Crippen LogP contribution in [0.15, 0.2) is 82.7 Å². The first kappa shape index (κ1) is 21.8. The van der Waals surface area contributed by atoms with E-state index in [0.29, 0.717) is 28.3 Å². The van der Waals surface area contributed by atoms with Gasteiger partial charge in [0.1, 0.15) is 5.82 Å². The number of fused-ring (bicyclic) bond motifs is 1. The standard InChI is InChI=1S/C25H22FN3O2S/c1-17-7-3-4-8-18(17)15-28(2)23(30)16-32-25-27-22-10-6-5-9-21(22)24(31)29(25)20-13-11-19(26)12-14-20/h3-14H,15-16H2,1-2H3. The number of benzene rings is 3. The van der Waals surface area contributed by atoms with Crippen molar-refractivity contribution in [3.05, 3.63) is 100 Å². The van der Waals surface area contributed by atoms with Crippen LogP contribution in [0.3, 0.4) is 0 Å². The SMILES string of the molecule is Cc1ccccc1CN(C)C(=O)CSc1nc2ccccc2c(=O)n1-c1ccc(F)cc1. The number of thioether (sulfide) groups is 1. The van der Waals surface area contributed by atoms with E-state index in [-0.39, 0.29) is 17.2 Å². The van der Waals surface area contributed by atoms with Gasteiger partial charge in [-0.15, -0.1) is 0 Å². The molecule has 32 heavy (non-hydrogen) atoms. The lowest BCUT2D eigenvalue weighted by atomic mass is 10.1. The predicted octanol–water partition coefficient (Wildman–Crippen LogP) is 4.58. The molecule has 0 N–H and O–H groups in total. The van der Waals surface area contributed by atoms with Crippen LogP contribution in [0.2, 0.25) is 0 Å². The van der Waals surface area contributed by atoms with Crippen LogP contribution in [-0.4, -0.2) is 33.2 Å². The van der Waals surface area contributed by atoms with Gasteiger partial charge in [-0.2, -0.15) is 0 Å². The van der Waals surface area contributed by atoms with Gasteiger partial charge < -0.3 is 4.90 Å². The summed E-state index contributed by atoms with van der Waals surface area (Å²) in [6.07, 6.45) is 0. The normalized spacial score (nSPS) is 11.0. The molecule has 1 aromatic heterocycles. The summed E-state index contributed by atoms with van der Waals surface area (Å²) in [6, 6.07) is 20.7. The number of carbonyl (C=O) groups excluding carboxylic acids is 1. The minimum absolute atomic E-state index is 0.0775. The monoisotopic (exact) mass is 447 g/mol. The summed E-state index contributed by atoms with van der Waals surface area (Å²) in [5, 5.41) is 0.849. The highest BCUT2D eigenvalue weighted by molar-refractivity contribution is 7.99. The highest BCUT2D eigenvalue weighted by Gasteiger charge is 2.17. The van der Waals surface area contributed by atoms with Crippen LogP contribution in [0.5, 0.6) is 0 Å². The Morgan fingerprint density at radius 2 is 1.72 bits per heavy atom. The molecular formula is C25H22FN3O2S. The molecule has 162 valence electrons. The molecule has 0 spiro atoms. The topological polar surface area (TPSA) is 55.2 Å². The van der Waals surface area contributed by atoms with Gasteiger partial charge in [0.25, 0.3) is 5.56 Å². The Balaban J connectivity index is 1.62. The second-order valence-electron chi connectivity index (χ2n) is 7.49. The van der Waals surface area contributed by atoms with E-state index in [1.165, 1.54) is 40.6 Å². The average molecular weight is 448 g/mol. The summed E-state index contributed by atoms with van der Waals surface area (Å²) in [5.74, 6) is -0.349. The number of carbonyl (C=O) groups is 1. The molecule has 3 aromatic carbocycles. The Hall–Kier alpha value is -3.45. The third kappa shape index (κ3) is 4.57. The minimum Gasteiger partial charge on any atom is -0.341 e. The number of hydrogen-bond donors (Lipinski definition) is 0. The lowest BCUT2D eigenvalue weighted by Gasteiger charge is -2.19. The van der Waals surface area contributed by atoms with Gasteiger partial charge in [-0.1, -0.05) is 48.2 Å². The number of rotatable bonds is 6. The highest BCUT2D eigenvalue weighted by Crippen LogP contribution is 2.22. The van der Waals surface area contributed by atoms with E-state index in [9.17, 15) is 14.0 Å². The zero-order valence-electron chi connectivity index (χ0n) is 17.8. The van der Waals surface area contributed by atoms with Crippen molar-refractivity contribution in [1.29, 1.82) is 0 Å². The van der Waals surface area contributed by atoms with E-state index < -0.39 is 5.82 Å². The quantitative estimate of drug-likeness (QED) is 0.321. The Kier molecular flexibility index (Phi) is 6.37. The Labute approximate surface area is 189 Å². The van der Waals surface area contributed by atoms with Gasteiger partial charge in [-0.3, -0.25) is 14.2 Å². The Morgan fingerprint density at radius 3 is 2.47 bits per heavy atom. The van der Waals surface area contributed by atoms with Crippen molar-refractivity contribution >= 4 is 28.6 Å². The minimum atomic E-state index is -0.391. The van der Waals surface area contributed by atoms with Crippen LogP contribution in [0.1, 0.15) is 11.1 Å². The molecular weight excluding hydrogens is 425 g/mol. The fourth-order valence-corrected chi connectivity index (χ4v) is 4.35. The van der Waals surface area contributed by atoms with Crippen LogP contribution in [0.4, 0.5) is 4.39 Å². The van der Waals surface area contributed by atoms with Crippen molar-refractivity contribution in [2.24, 2.45) is 0 Å². The number of hydrogen-bond acceptors (Lipinski definition) is 4.